The van der Waals surface area contributed by atoms with E-state index in [-0.39, 0.29) is 28.3 Å². The number of Topliss-reactive ketones (excluding diaryl/α,β-unsaturated/α-hetero) is 1. The Hall–Kier alpha value is -1.67. The number of rotatable bonds is 6. The van der Waals surface area contributed by atoms with E-state index in [2.05, 4.69) is 82.7 Å². The van der Waals surface area contributed by atoms with Gasteiger partial charge in [-0.3, -0.25) is 9.36 Å². The highest BCUT2D eigenvalue weighted by molar-refractivity contribution is 6.74. The molecule has 9 nitrogen and oxygen atoms in total. The molecule has 184 valence electrons. The number of nitrogens with two attached hydrogens (primary N) is 1. The van der Waals surface area contributed by atoms with Gasteiger partial charge >= 0.3 is 0 Å². The maximum Gasteiger partial charge on any atom is 0.196 e. The number of hydrogen-bond donors (Lipinski definition) is 1. The predicted octanol–water partition coefficient (Wildman–Crippen LogP) is 4.29. The van der Waals surface area contributed by atoms with Crippen LogP contribution in [0.25, 0.3) is 11.2 Å². The van der Waals surface area contributed by atoms with Gasteiger partial charge in [-0.1, -0.05) is 41.5 Å². The van der Waals surface area contributed by atoms with Crippen LogP contribution in [0.5, 0.6) is 0 Å². The first-order chi connectivity index (χ1) is 15.0. The molecule has 2 aromatic rings. The first kappa shape index (κ1) is 25.9. The fourth-order valence-corrected chi connectivity index (χ4v) is 5.35. The molecule has 3 atom stereocenters. The van der Waals surface area contributed by atoms with Crippen LogP contribution < -0.4 is 5.73 Å². The third-order valence-electron chi connectivity index (χ3n) is 7.45. The standard InChI is InChI=1S/C22H39N5O4Si2/c1-21(2,3)32(7,8)29-11-14-16(28)17(31-33(9,10)22(4,5)6)20(30-14)27-13-26-15-18(23)24-12-25-19(15)27/h12-14,17,20H,11H2,1-10H3,(H2,23,24,25)/t14-,17?,20-/m1/s1. The molecule has 1 aliphatic heterocycles. The molecule has 0 saturated carbocycles. The summed E-state index contributed by atoms with van der Waals surface area (Å²) in [6, 6.07) is 0. The normalized spacial score (nSPS) is 23.0. The number of nitrogen functional groups attached to an aromatic ring is 1. The fourth-order valence-electron chi connectivity index (χ4n) is 3.13. The minimum absolute atomic E-state index is 0.0279. The minimum Gasteiger partial charge on any atom is -0.414 e. The van der Waals surface area contributed by atoms with E-state index >= 15 is 0 Å². The van der Waals surface area contributed by atoms with E-state index in [1.807, 2.05) is 0 Å². The molecule has 0 spiro atoms. The summed E-state index contributed by atoms with van der Waals surface area (Å²) < 4.78 is 21.0. The van der Waals surface area contributed by atoms with Crippen molar-refractivity contribution >= 4 is 39.4 Å². The Labute approximate surface area is 198 Å². The van der Waals surface area contributed by atoms with Crippen molar-refractivity contribution in [1.82, 2.24) is 19.5 Å². The summed E-state index contributed by atoms with van der Waals surface area (Å²) in [6.45, 7) is 21.7. The van der Waals surface area contributed by atoms with E-state index in [0.29, 0.717) is 11.2 Å². The van der Waals surface area contributed by atoms with Crippen LogP contribution in [0.4, 0.5) is 5.82 Å². The smallest absolute Gasteiger partial charge is 0.196 e. The molecule has 1 saturated heterocycles. The number of ether oxygens (including phenoxy) is 1. The first-order valence-corrected chi connectivity index (χ1v) is 17.2. The quantitative estimate of drug-likeness (QED) is 0.593. The molecule has 1 unspecified atom stereocenters. The second kappa shape index (κ2) is 8.52. The average Bonchev–Trinajstić information content (AvgIpc) is 3.21. The second-order valence-electron chi connectivity index (χ2n) is 11.9. The van der Waals surface area contributed by atoms with Crippen molar-refractivity contribution in [2.75, 3.05) is 12.3 Å². The lowest BCUT2D eigenvalue weighted by atomic mass is 10.2. The van der Waals surface area contributed by atoms with Gasteiger partial charge in [0.2, 0.25) is 0 Å². The van der Waals surface area contributed by atoms with E-state index in [9.17, 15) is 4.79 Å². The molecule has 0 bridgehead atoms. The molecule has 1 aliphatic rings. The van der Waals surface area contributed by atoms with Crippen molar-refractivity contribution in [3.63, 3.8) is 0 Å². The van der Waals surface area contributed by atoms with E-state index in [4.69, 9.17) is 19.3 Å². The van der Waals surface area contributed by atoms with Gasteiger partial charge in [-0.15, -0.1) is 0 Å². The largest absolute Gasteiger partial charge is 0.414 e. The van der Waals surface area contributed by atoms with Gasteiger partial charge in [0, 0.05) is 0 Å². The third kappa shape index (κ3) is 4.92. The molecule has 0 radical (unpaired) electrons. The van der Waals surface area contributed by atoms with Gasteiger partial charge in [0.05, 0.1) is 12.9 Å². The van der Waals surface area contributed by atoms with Crippen molar-refractivity contribution in [2.24, 2.45) is 0 Å². The Bertz CT molecular complexity index is 1030. The van der Waals surface area contributed by atoms with Gasteiger partial charge < -0.3 is 19.3 Å². The lowest BCUT2D eigenvalue weighted by molar-refractivity contribution is -0.127. The summed E-state index contributed by atoms with van der Waals surface area (Å²) in [6.07, 6.45) is 0.753. The highest BCUT2D eigenvalue weighted by Crippen LogP contribution is 2.42. The second-order valence-corrected chi connectivity index (χ2v) is 21.4. The van der Waals surface area contributed by atoms with Gasteiger partial charge in [0.15, 0.2) is 46.2 Å². The molecular formula is C22H39N5O4Si2. The van der Waals surface area contributed by atoms with E-state index in [1.54, 1.807) is 10.9 Å². The zero-order valence-electron chi connectivity index (χ0n) is 21.6. The van der Waals surface area contributed by atoms with Crippen LogP contribution >= 0.6 is 0 Å². The predicted molar refractivity (Wildman–Crippen MR) is 134 cm³/mol. The molecule has 3 heterocycles. The lowest BCUT2D eigenvalue weighted by Crippen LogP contribution is -2.48. The number of carbonyl (C=O) groups excluding carboxylic acids is 1. The monoisotopic (exact) mass is 493 g/mol. The fraction of sp³-hybridized carbons (Fsp3) is 0.727. The summed E-state index contributed by atoms with van der Waals surface area (Å²) in [5.74, 6) is 0.176. The molecule has 11 heteroatoms. The highest BCUT2D eigenvalue weighted by Gasteiger charge is 2.51. The summed E-state index contributed by atoms with van der Waals surface area (Å²) in [5, 5.41) is -0.0444. The highest BCUT2D eigenvalue weighted by atomic mass is 28.4. The molecule has 3 rings (SSSR count). The van der Waals surface area contributed by atoms with Gasteiger partial charge in [-0.05, 0) is 36.3 Å². The number of fused-ring (bicyclic) bond motifs is 1. The zero-order valence-corrected chi connectivity index (χ0v) is 23.6. The molecule has 1 fully saturated rings. The average molecular weight is 494 g/mol. The molecular weight excluding hydrogens is 454 g/mol. The first-order valence-electron chi connectivity index (χ1n) is 11.4. The van der Waals surface area contributed by atoms with Crippen LogP contribution in [0.3, 0.4) is 0 Å². The van der Waals surface area contributed by atoms with Crippen LogP contribution in [0.15, 0.2) is 12.7 Å². The number of carbonyl (C=O) groups is 1. The van der Waals surface area contributed by atoms with Crippen LogP contribution in [0, 0.1) is 0 Å². The van der Waals surface area contributed by atoms with Crippen LogP contribution in [0.2, 0.25) is 36.3 Å². The van der Waals surface area contributed by atoms with Gasteiger partial charge in [-0.2, -0.15) is 0 Å². The summed E-state index contributed by atoms with van der Waals surface area (Å²) >= 11 is 0. The van der Waals surface area contributed by atoms with Crippen molar-refractivity contribution in [1.29, 1.82) is 0 Å². The molecule has 0 aliphatic carbocycles. The summed E-state index contributed by atoms with van der Waals surface area (Å²) in [5.41, 5.74) is 6.96. The molecule has 33 heavy (non-hydrogen) atoms. The lowest BCUT2D eigenvalue weighted by Gasteiger charge is -2.38. The van der Waals surface area contributed by atoms with E-state index in [1.165, 1.54) is 6.33 Å². The van der Waals surface area contributed by atoms with Crippen molar-refractivity contribution in [2.45, 2.75) is 96.2 Å². The van der Waals surface area contributed by atoms with Crippen molar-refractivity contribution in [3.05, 3.63) is 12.7 Å². The Morgan fingerprint density at radius 1 is 1.03 bits per heavy atom. The Balaban J connectivity index is 1.96. The number of imidazole rings is 1. The number of hydrogen-bond acceptors (Lipinski definition) is 8. The van der Waals surface area contributed by atoms with Gasteiger partial charge in [0.25, 0.3) is 0 Å². The maximum atomic E-state index is 13.6. The third-order valence-corrected chi connectivity index (χ3v) is 16.4. The van der Waals surface area contributed by atoms with Crippen molar-refractivity contribution < 1.29 is 18.4 Å². The molecule has 0 amide bonds. The maximum absolute atomic E-state index is 13.6. The molecule has 2 N–H and O–H groups in total. The van der Waals surface area contributed by atoms with Crippen molar-refractivity contribution in [3.8, 4) is 0 Å². The SMILES string of the molecule is CC(C)(C)[Si](C)(C)OC[C@H]1O[C@@H](n2cnc3c(N)ncnc32)C(O[Si](C)(C)C(C)(C)C)C1=O. The number of aromatic nitrogens is 4. The zero-order chi connectivity index (χ0) is 25.0. The van der Waals surface area contributed by atoms with Gasteiger partial charge in [0.1, 0.15) is 17.9 Å². The molecule has 0 aromatic carbocycles. The minimum atomic E-state index is -2.29. The summed E-state index contributed by atoms with van der Waals surface area (Å²) in [4.78, 5) is 26.3. The Morgan fingerprint density at radius 3 is 2.21 bits per heavy atom. The number of nitrogens with zero attached hydrogens (tertiary/aromatic N) is 4. The Morgan fingerprint density at radius 2 is 1.64 bits per heavy atom. The summed E-state index contributed by atoms with van der Waals surface area (Å²) in [7, 11) is -4.35. The number of anilines is 1. The van der Waals surface area contributed by atoms with Crippen LogP contribution in [-0.2, 0) is 18.4 Å². The topological polar surface area (TPSA) is 114 Å². The van der Waals surface area contributed by atoms with E-state index < -0.39 is 35.1 Å². The van der Waals surface area contributed by atoms with Crippen LogP contribution in [0.1, 0.15) is 47.8 Å². The Kier molecular flexibility index (Phi) is 6.70. The van der Waals surface area contributed by atoms with Crippen LogP contribution in [-0.4, -0.2) is 60.8 Å². The molecule has 2 aromatic heterocycles. The number of ketones is 1. The van der Waals surface area contributed by atoms with E-state index in [0.717, 1.165) is 0 Å². The van der Waals surface area contributed by atoms with Gasteiger partial charge in [-0.25, -0.2) is 15.0 Å².